The highest BCUT2D eigenvalue weighted by Crippen LogP contribution is 2.30. The molecule has 1 aliphatic rings. The van der Waals surface area contributed by atoms with Gasteiger partial charge in [-0.2, -0.15) is 4.80 Å². The highest BCUT2D eigenvalue weighted by atomic mass is 16.5. The van der Waals surface area contributed by atoms with Gasteiger partial charge in [0.15, 0.2) is 6.33 Å². The molecule has 0 spiro atoms. The average molecular weight is 287 g/mol. The van der Waals surface area contributed by atoms with Crippen molar-refractivity contribution in [3.05, 3.63) is 36.2 Å². The fourth-order valence-corrected chi connectivity index (χ4v) is 2.97. The summed E-state index contributed by atoms with van der Waals surface area (Å²) in [6.07, 6.45) is 3.86. The highest BCUT2D eigenvalue weighted by Gasteiger charge is 2.28. The van der Waals surface area contributed by atoms with Gasteiger partial charge in [0.2, 0.25) is 0 Å². The van der Waals surface area contributed by atoms with Crippen LogP contribution in [0, 0.1) is 5.92 Å². The van der Waals surface area contributed by atoms with Gasteiger partial charge in [0.1, 0.15) is 11.8 Å². The van der Waals surface area contributed by atoms with E-state index in [4.69, 9.17) is 4.74 Å². The maximum absolute atomic E-state index is 5.51. The van der Waals surface area contributed by atoms with E-state index in [1.165, 1.54) is 24.7 Å². The standard InChI is InChI=1S/C15H21N5O/c1-2-21-14-7-5-12(6-8-14)15(20-18-11-17-19-20)13-4-3-9-16-10-13/h5-8,11,13,15-16H,2-4,9-10H2,1H3. The van der Waals surface area contributed by atoms with Gasteiger partial charge in [-0.3, -0.25) is 0 Å². The molecule has 1 aromatic heterocycles. The number of nitrogens with zero attached hydrogens (tertiary/aromatic N) is 4. The molecule has 3 rings (SSSR count). The smallest absolute Gasteiger partial charge is 0.162 e. The lowest BCUT2D eigenvalue weighted by Gasteiger charge is -2.30. The van der Waals surface area contributed by atoms with Crippen molar-refractivity contribution in [2.45, 2.75) is 25.8 Å². The Labute approximate surface area is 124 Å². The lowest BCUT2D eigenvalue weighted by atomic mass is 9.87. The number of rotatable bonds is 5. The van der Waals surface area contributed by atoms with Crippen LogP contribution in [0.2, 0.25) is 0 Å². The second-order valence-electron chi connectivity index (χ2n) is 5.31. The molecule has 6 nitrogen and oxygen atoms in total. The lowest BCUT2D eigenvalue weighted by molar-refractivity contribution is 0.261. The minimum Gasteiger partial charge on any atom is -0.494 e. The number of nitrogens with one attached hydrogen (secondary N) is 1. The Morgan fingerprint density at radius 1 is 1.38 bits per heavy atom. The van der Waals surface area contributed by atoms with E-state index >= 15 is 0 Å². The summed E-state index contributed by atoms with van der Waals surface area (Å²) in [6.45, 7) is 4.75. The number of ether oxygens (including phenoxy) is 1. The number of benzene rings is 1. The van der Waals surface area contributed by atoms with Crippen LogP contribution < -0.4 is 10.1 Å². The molecule has 0 bridgehead atoms. The first-order valence-electron chi connectivity index (χ1n) is 7.54. The van der Waals surface area contributed by atoms with Crippen molar-refractivity contribution in [1.29, 1.82) is 0 Å². The minimum atomic E-state index is 0.121. The monoisotopic (exact) mass is 287 g/mol. The summed E-state index contributed by atoms with van der Waals surface area (Å²) in [7, 11) is 0. The summed E-state index contributed by atoms with van der Waals surface area (Å²) in [5, 5.41) is 15.7. The molecule has 0 aliphatic carbocycles. The molecule has 6 heteroatoms. The third-order valence-electron chi connectivity index (χ3n) is 3.93. The zero-order chi connectivity index (χ0) is 14.5. The number of tetrazole rings is 1. The lowest BCUT2D eigenvalue weighted by Crippen LogP contribution is -2.36. The van der Waals surface area contributed by atoms with Crippen molar-refractivity contribution in [3.8, 4) is 5.75 Å². The van der Waals surface area contributed by atoms with Gasteiger partial charge in [0.25, 0.3) is 0 Å². The first-order valence-corrected chi connectivity index (χ1v) is 7.54. The normalized spacial score (nSPS) is 20.1. The van der Waals surface area contributed by atoms with E-state index in [-0.39, 0.29) is 6.04 Å². The van der Waals surface area contributed by atoms with Crippen LogP contribution in [0.15, 0.2) is 30.6 Å². The molecule has 21 heavy (non-hydrogen) atoms. The second-order valence-corrected chi connectivity index (χ2v) is 5.31. The summed E-state index contributed by atoms with van der Waals surface area (Å²) in [4.78, 5) is 1.73. The van der Waals surface area contributed by atoms with Crippen molar-refractivity contribution in [2.24, 2.45) is 5.92 Å². The van der Waals surface area contributed by atoms with Crippen LogP contribution in [0.3, 0.4) is 0 Å². The van der Waals surface area contributed by atoms with Crippen molar-refractivity contribution >= 4 is 0 Å². The molecule has 0 amide bonds. The van der Waals surface area contributed by atoms with Crippen molar-refractivity contribution in [1.82, 2.24) is 25.5 Å². The zero-order valence-electron chi connectivity index (χ0n) is 12.3. The van der Waals surface area contributed by atoms with E-state index in [0.717, 1.165) is 18.8 Å². The Balaban J connectivity index is 1.87. The largest absolute Gasteiger partial charge is 0.494 e. The molecule has 0 radical (unpaired) electrons. The molecule has 1 aliphatic heterocycles. The van der Waals surface area contributed by atoms with E-state index in [1.54, 1.807) is 4.80 Å². The van der Waals surface area contributed by atoms with E-state index < -0.39 is 0 Å². The second kappa shape index (κ2) is 6.67. The molecule has 2 unspecified atom stereocenters. The van der Waals surface area contributed by atoms with Gasteiger partial charge in [-0.1, -0.05) is 12.1 Å². The van der Waals surface area contributed by atoms with Gasteiger partial charge in [-0.15, -0.1) is 10.2 Å². The summed E-state index contributed by atoms with van der Waals surface area (Å²) in [6, 6.07) is 8.36. The summed E-state index contributed by atoms with van der Waals surface area (Å²) in [5.74, 6) is 1.37. The molecular formula is C15H21N5O. The molecule has 0 saturated carbocycles. The van der Waals surface area contributed by atoms with Crippen LogP contribution in [0.1, 0.15) is 31.4 Å². The first kappa shape index (κ1) is 14.0. The summed E-state index contributed by atoms with van der Waals surface area (Å²) in [5.41, 5.74) is 1.20. The molecule has 112 valence electrons. The van der Waals surface area contributed by atoms with Crippen LogP contribution in [-0.4, -0.2) is 39.9 Å². The zero-order valence-corrected chi connectivity index (χ0v) is 12.3. The van der Waals surface area contributed by atoms with Crippen LogP contribution in [0.25, 0.3) is 0 Å². The number of hydrogen-bond donors (Lipinski definition) is 1. The van der Waals surface area contributed by atoms with Crippen LogP contribution in [0.5, 0.6) is 5.75 Å². The van der Waals surface area contributed by atoms with Gasteiger partial charge < -0.3 is 10.1 Å². The van der Waals surface area contributed by atoms with E-state index in [1.807, 2.05) is 19.1 Å². The van der Waals surface area contributed by atoms with Crippen LogP contribution in [-0.2, 0) is 0 Å². The van der Waals surface area contributed by atoms with Gasteiger partial charge in [0.05, 0.1) is 6.61 Å². The third kappa shape index (κ3) is 3.21. The predicted octanol–water partition coefficient (Wildman–Crippen LogP) is 1.66. The van der Waals surface area contributed by atoms with Gasteiger partial charge >= 0.3 is 0 Å². The summed E-state index contributed by atoms with van der Waals surface area (Å²) >= 11 is 0. The maximum Gasteiger partial charge on any atom is 0.162 e. The fraction of sp³-hybridized carbons (Fsp3) is 0.533. The molecule has 1 aromatic carbocycles. The molecule has 2 atom stereocenters. The Morgan fingerprint density at radius 3 is 2.86 bits per heavy atom. The van der Waals surface area contributed by atoms with E-state index in [9.17, 15) is 0 Å². The van der Waals surface area contributed by atoms with Crippen molar-refractivity contribution in [2.75, 3.05) is 19.7 Å². The molecule has 2 aromatic rings. The quantitative estimate of drug-likeness (QED) is 0.906. The van der Waals surface area contributed by atoms with Crippen LogP contribution in [0.4, 0.5) is 0 Å². The van der Waals surface area contributed by atoms with Gasteiger partial charge in [-0.25, -0.2) is 0 Å². The minimum absolute atomic E-state index is 0.121. The predicted molar refractivity (Wildman–Crippen MR) is 79.2 cm³/mol. The van der Waals surface area contributed by atoms with Crippen LogP contribution >= 0.6 is 0 Å². The molecule has 2 heterocycles. The Morgan fingerprint density at radius 2 is 2.24 bits per heavy atom. The summed E-state index contributed by atoms with van der Waals surface area (Å²) < 4.78 is 5.51. The maximum atomic E-state index is 5.51. The fourth-order valence-electron chi connectivity index (χ4n) is 2.97. The highest BCUT2D eigenvalue weighted by molar-refractivity contribution is 5.29. The van der Waals surface area contributed by atoms with Gasteiger partial charge in [-0.05, 0) is 55.1 Å². The average Bonchev–Trinajstić information content (AvgIpc) is 3.05. The van der Waals surface area contributed by atoms with E-state index in [2.05, 4.69) is 32.9 Å². The van der Waals surface area contributed by atoms with Gasteiger partial charge in [0, 0.05) is 6.54 Å². The SMILES string of the molecule is CCOc1ccc(C(C2CCCNC2)n2ncnn2)cc1. The Hall–Kier alpha value is -1.95. The number of aromatic nitrogens is 4. The topological polar surface area (TPSA) is 64.9 Å². The molecule has 1 fully saturated rings. The molecule has 1 saturated heterocycles. The van der Waals surface area contributed by atoms with E-state index in [0.29, 0.717) is 12.5 Å². The third-order valence-corrected chi connectivity index (χ3v) is 3.93. The first-order chi connectivity index (χ1) is 10.4. The molecular weight excluding hydrogens is 266 g/mol. The number of piperidine rings is 1. The van der Waals surface area contributed by atoms with Crippen molar-refractivity contribution in [3.63, 3.8) is 0 Å². The Kier molecular flexibility index (Phi) is 4.45. The van der Waals surface area contributed by atoms with Crippen molar-refractivity contribution < 1.29 is 4.74 Å². The molecule has 1 N–H and O–H groups in total. The number of hydrogen-bond acceptors (Lipinski definition) is 5. The Bertz CT molecular complexity index is 534.